The Labute approximate surface area is 99.4 Å². The number of hydrogen-bond donors (Lipinski definition) is 3. The fraction of sp³-hybridized carbons (Fsp3) is 0. The van der Waals surface area contributed by atoms with Crippen LogP contribution in [0.4, 0.5) is 5.82 Å². The monoisotopic (exact) mass is 245 g/mol. The molecule has 8 nitrogen and oxygen atoms in total. The normalized spacial score (nSPS) is 10.9. The molecule has 0 radical (unpaired) electrons. The minimum Gasteiger partial charge on any atom is -0.478 e. The van der Waals surface area contributed by atoms with Gasteiger partial charge in [0.2, 0.25) is 0 Å². The van der Waals surface area contributed by atoms with Gasteiger partial charge in [0.25, 0.3) is 0 Å². The molecule has 3 rings (SSSR count). The number of nitrogens with zero attached hydrogens (tertiary/aromatic N) is 3. The van der Waals surface area contributed by atoms with Crippen LogP contribution < -0.4 is 5.73 Å². The van der Waals surface area contributed by atoms with E-state index in [-0.39, 0.29) is 11.4 Å². The van der Waals surface area contributed by atoms with Crippen molar-refractivity contribution in [2.24, 2.45) is 0 Å². The molecule has 4 N–H and O–H groups in total. The molecular formula is C10H7N5O3. The minimum absolute atomic E-state index is 0.118. The number of aromatic carboxylic acids is 1. The molecule has 0 aliphatic rings. The molecule has 0 spiro atoms. The maximum Gasteiger partial charge on any atom is 0.335 e. The SMILES string of the molecule is Nc1nonc1-c1nc2ccc(C(=O)O)cc2[nH]1. The number of aromatic nitrogens is 4. The van der Waals surface area contributed by atoms with Gasteiger partial charge in [0.05, 0.1) is 16.6 Å². The van der Waals surface area contributed by atoms with Crippen LogP contribution in [0.1, 0.15) is 10.4 Å². The number of hydrogen-bond acceptors (Lipinski definition) is 6. The lowest BCUT2D eigenvalue weighted by atomic mass is 10.2. The molecule has 0 saturated carbocycles. The number of fused-ring (bicyclic) bond motifs is 1. The molecular weight excluding hydrogens is 238 g/mol. The topological polar surface area (TPSA) is 131 Å². The van der Waals surface area contributed by atoms with Crippen LogP contribution in [-0.4, -0.2) is 31.4 Å². The summed E-state index contributed by atoms with van der Waals surface area (Å²) in [6.07, 6.45) is 0. The largest absolute Gasteiger partial charge is 0.478 e. The number of nitrogens with one attached hydrogen (secondary N) is 1. The van der Waals surface area contributed by atoms with Crippen molar-refractivity contribution in [3.05, 3.63) is 23.8 Å². The van der Waals surface area contributed by atoms with E-state index < -0.39 is 5.97 Å². The van der Waals surface area contributed by atoms with Crippen LogP contribution >= 0.6 is 0 Å². The summed E-state index contributed by atoms with van der Waals surface area (Å²) < 4.78 is 4.48. The van der Waals surface area contributed by atoms with E-state index in [0.29, 0.717) is 22.6 Å². The van der Waals surface area contributed by atoms with Gasteiger partial charge in [-0.05, 0) is 28.5 Å². The number of carboxylic acid groups (broad SMARTS) is 1. The minimum atomic E-state index is -1.00. The Hall–Kier alpha value is -2.90. The molecule has 1 aromatic carbocycles. The molecule has 2 aromatic heterocycles. The van der Waals surface area contributed by atoms with Gasteiger partial charge in [0.1, 0.15) is 0 Å². The summed E-state index contributed by atoms with van der Waals surface area (Å²) in [5.41, 5.74) is 7.20. The second-order valence-corrected chi connectivity index (χ2v) is 3.62. The maximum atomic E-state index is 10.8. The summed E-state index contributed by atoms with van der Waals surface area (Å²) in [5.74, 6) is -0.505. The summed E-state index contributed by atoms with van der Waals surface area (Å²) in [7, 11) is 0. The Morgan fingerprint density at radius 3 is 2.89 bits per heavy atom. The molecule has 0 atom stereocenters. The van der Waals surface area contributed by atoms with E-state index in [2.05, 4.69) is 24.9 Å². The molecule has 0 amide bonds. The predicted molar refractivity (Wildman–Crippen MR) is 60.8 cm³/mol. The molecule has 0 unspecified atom stereocenters. The molecule has 0 fully saturated rings. The van der Waals surface area contributed by atoms with E-state index in [4.69, 9.17) is 10.8 Å². The predicted octanol–water partition coefficient (Wildman–Crippen LogP) is 0.893. The van der Waals surface area contributed by atoms with Crippen molar-refractivity contribution in [1.82, 2.24) is 20.3 Å². The first-order chi connectivity index (χ1) is 8.65. The number of anilines is 1. The highest BCUT2D eigenvalue weighted by atomic mass is 16.6. The summed E-state index contributed by atoms with van der Waals surface area (Å²) in [5, 5.41) is 16.0. The number of nitrogen functional groups attached to an aromatic ring is 1. The Bertz CT molecular complexity index is 745. The first kappa shape index (κ1) is 10.3. The van der Waals surface area contributed by atoms with Gasteiger partial charge in [-0.25, -0.2) is 14.4 Å². The third-order valence-electron chi connectivity index (χ3n) is 2.47. The van der Waals surface area contributed by atoms with Gasteiger partial charge in [0, 0.05) is 0 Å². The Kier molecular flexibility index (Phi) is 2.03. The highest BCUT2D eigenvalue weighted by Crippen LogP contribution is 2.22. The molecule has 18 heavy (non-hydrogen) atoms. The molecule has 0 aliphatic carbocycles. The number of nitrogens with two attached hydrogens (primary N) is 1. The van der Waals surface area contributed by atoms with E-state index in [0.717, 1.165) is 0 Å². The second kappa shape index (κ2) is 3.55. The summed E-state index contributed by atoms with van der Waals surface area (Å²) in [4.78, 5) is 18.0. The third kappa shape index (κ3) is 1.47. The van der Waals surface area contributed by atoms with Crippen LogP contribution in [-0.2, 0) is 0 Å². The summed E-state index contributed by atoms with van der Waals surface area (Å²) >= 11 is 0. The van der Waals surface area contributed by atoms with Crippen molar-refractivity contribution in [3.63, 3.8) is 0 Å². The fourth-order valence-corrected chi connectivity index (χ4v) is 1.61. The molecule has 0 saturated heterocycles. The van der Waals surface area contributed by atoms with Gasteiger partial charge in [-0.3, -0.25) is 0 Å². The van der Waals surface area contributed by atoms with Gasteiger partial charge in [-0.2, -0.15) is 0 Å². The molecule has 0 aliphatic heterocycles. The molecule has 8 heteroatoms. The Morgan fingerprint density at radius 1 is 1.39 bits per heavy atom. The Morgan fingerprint density at radius 2 is 2.22 bits per heavy atom. The number of H-pyrrole nitrogens is 1. The van der Waals surface area contributed by atoms with Crippen LogP contribution in [0.2, 0.25) is 0 Å². The zero-order valence-electron chi connectivity index (χ0n) is 8.91. The van der Waals surface area contributed by atoms with E-state index in [1.807, 2.05) is 0 Å². The number of imidazole rings is 1. The standard InChI is InChI=1S/C10H7N5O3/c11-8-7(14-18-15-8)9-12-5-2-1-4(10(16)17)3-6(5)13-9/h1-3H,(H2,11,15)(H,12,13)(H,16,17). The molecule has 0 bridgehead atoms. The van der Waals surface area contributed by atoms with E-state index in [1.54, 1.807) is 6.07 Å². The van der Waals surface area contributed by atoms with Crippen molar-refractivity contribution >= 4 is 22.8 Å². The van der Waals surface area contributed by atoms with Crippen molar-refractivity contribution in [1.29, 1.82) is 0 Å². The first-order valence-electron chi connectivity index (χ1n) is 4.96. The lowest BCUT2D eigenvalue weighted by molar-refractivity contribution is 0.0697. The molecule has 2 heterocycles. The first-order valence-corrected chi connectivity index (χ1v) is 4.96. The average molecular weight is 245 g/mol. The van der Waals surface area contributed by atoms with E-state index >= 15 is 0 Å². The number of benzene rings is 1. The second-order valence-electron chi connectivity index (χ2n) is 3.62. The number of carboxylic acids is 1. The van der Waals surface area contributed by atoms with Crippen molar-refractivity contribution in [2.45, 2.75) is 0 Å². The van der Waals surface area contributed by atoms with E-state index in [1.165, 1.54) is 12.1 Å². The van der Waals surface area contributed by atoms with Crippen LogP contribution in [0.3, 0.4) is 0 Å². The highest BCUT2D eigenvalue weighted by molar-refractivity contribution is 5.93. The van der Waals surface area contributed by atoms with Gasteiger partial charge < -0.3 is 15.8 Å². The zero-order chi connectivity index (χ0) is 12.7. The average Bonchev–Trinajstić information content (AvgIpc) is 2.92. The van der Waals surface area contributed by atoms with Crippen LogP contribution in [0.25, 0.3) is 22.6 Å². The number of carbonyl (C=O) groups is 1. The third-order valence-corrected chi connectivity index (χ3v) is 2.47. The summed E-state index contributed by atoms with van der Waals surface area (Å²) in [6, 6.07) is 4.56. The van der Waals surface area contributed by atoms with Crippen LogP contribution in [0.15, 0.2) is 22.8 Å². The molecule has 3 aromatic rings. The fourth-order valence-electron chi connectivity index (χ4n) is 1.61. The summed E-state index contributed by atoms with van der Waals surface area (Å²) in [6.45, 7) is 0. The van der Waals surface area contributed by atoms with E-state index in [9.17, 15) is 4.79 Å². The smallest absolute Gasteiger partial charge is 0.335 e. The van der Waals surface area contributed by atoms with Crippen molar-refractivity contribution < 1.29 is 14.5 Å². The lowest BCUT2D eigenvalue weighted by Gasteiger charge is -1.92. The Balaban J connectivity index is 2.17. The van der Waals surface area contributed by atoms with Gasteiger partial charge in [-0.1, -0.05) is 0 Å². The molecule has 90 valence electrons. The van der Waals surface area contributed by atoms with Crippen molar-refractivity contribution in [3.8, 4) is 11.5 Å². The zero-order valence-corrected chi connectivity index (χ0v) is 8.91. The number of rotatable bonds is 2. The maximum absolute atomic E-state index is 10.8. The van der Waals surface area contributed by atoms with Gasteiger partial charge in [0.15, 0.2) is 17.3 Å². The highest BCUT2D eigenvalue weighted by Gasteiger charge is 2.14. The van der Waals surface area contributed by atoms with Gasteiger partial charge in [-0.15, -0.1) is 0 Å². The van der Waals surface area contributed by atoms with Crippen molar-refractivity contribution in [2.75, 3.05) is 5.73 Å². The van der Waals surface area contributed by atoms with Gasteiger partial charge >= 0.3 is 5.97 Å². The lowest BCUT2D eigenvalue weighted by Crippen LogP contribution is -1.94. The quantitative estimate of drug-likeness (QED) is 0.610. The van der Waals surface area contributed by atoms with Crippen LogP contribution in [0.5, 0.6) is 0 Å². The number of aromatic amines is 1. The van der Waals surface area contributed by atoms with Crippen LogP contribution in [0, 0.1) is 0 Å².